The van der Waals surface area contributed by atoms with Crippen molar-refractivity contribution >= 4 is 11.4 Å². The van der Waals surface area contributed by atoms with Gasteiger partial charge >= 0.3 is 0 Å². The van der Waals surface area contributed by atoms with Crippen LogP contribution in [0.25, 0.3) is 11.1 Å². The SMILES string of the molecule is CCC(C)c1ccc(-c2ccc(Nc3ccccc3CO)c(OC)c2)cc1OC. The van der Waals surface area contributed by atoms with Gasteiger partial charge in [0.2, 0.25) is 0 Å². The van der Waals surface area contributed by atoms with E-state index in [-0.39, 0.29) is 6.61 Å². The van der Waals surface area contributed by atoms with Crippen molar-refractivity contribution in [3.8, 4) is 22.6 Å². The summed E-state index contributed by atoms with van der Waals surface area (Å²) in [6.07, 6.45) is 1.07. The smallest absolute Gasteiger partial charge is 0.142 e. The lowest BCUT2D eigenvalue weighted by molar-refractivity contribution is 0.282. The number of nitrogens with one attached hydrogen (secondary N) is 1. The number of rotatable bonds is 8. The van der Waals surface area contributed by atoms with Crippen molar-refractivity contribution in [2.45, 2.75) is 32.8 Å². The lowest BCUT2D eigenvalue weighted by Crippen LogP contribution is -1.99. The van der Waals surface area contributed by atoms with Crippen molar-refractivity contribution in [1.29, 1.82) is 0 Å². The molecule has 4 heteroatoms. The summed E-state index contributed by atoms with van der Waals surface area (Å²) < 4.78 is 11.3. The van der Waals surface area contributed by atoms with Crippen molar-refractivity contribution in [2.24, 2.45) is 0 Å². The van der Waals surface area contributed by atoms with Crippen LogP contribution in [0, 0.1) is 0 Å². The van der Waals surface area contributed by atoms with E-state index >= 15 is 0 Å². The number of anilines is 2. The second-order valence-corrected chi connectivity index (χ2v) is 7.12. The third-order valence-electron chi connectivity index (χ3n) is 5.37. The Labute approximate surface area is 173 Å². The molecule has 0 fully saturated rings. The molecule has 0 heterocycles. The standard InChI is InChI=1S/C25H29NO3/c1-5-17(2)21-12-10-18(14-24(21)28-3)19-11-13-23(25(15-19)29-4)26-22-9-7-6-8-20(22)16-27/h6-15,17,26-27H,5,16H2,1-4H3. The van der Waals surface area contributed by atoms with Gasteiger partial charge in [0.15, 0.2) is 0 Å². The normalized spacial score (nSPS) is 11.8. The maximum absolute atomic E-state index is 9.56. The lowest BCUT2D eigenvalue weighted by atomic mass is 9.94. The van der Waals surface area contributed by atoms with E-state index in [2.05, 4.69) is 43.4 Å². The molecule has 3 aromatic carbocycles. The molecule has 0 radical (unpaired) electrons. The average Bonchev–Trinajstić information content (AvgIpc) is 2.78. The van der Waals surface area contributed by atoms with Crippen LogP contribution in [0.3, 0.4) is 0 Å². The molecule has 3 aromatic rings. The van der Waals surface area contributed by atoms with Gasteiger partial charge in [-0.2, -0.15) is 0 Å². The van der Waals surface area contributed by atoms with Gasteiger partial charge in [-0.15, -0.1) is 0 Å². The molecule has 1 unspecified atom stereocenters. The molecular formula is C25H29NO3. The monoisotopic (exact) mass is 391 g/mol. The van der Waals surface area contributed by atoms with Gasteiger partial charge in [-0.25, -0.2) is 0 Å². The second-order valence-electron chi connectivity index (χ2n) is 7.12. The van der Waals surface area contributed by atoms with E-state index in [4.69, 9.17) is 9.47 Å². The van der Waals surface area contributed by atoms with E-state index in [0.717, 1.165) is 46.0 Å². The summed E-state index contributed by atoms with van der Waals surface area (Å²) in [4.78, 5) is 0. The zero-order chi connectivity index (χ0) is 20.8. The number of aliphatic hydroxyl groups excluding tert-OH is 1. The molecule has 152 valence electrons. The van der Waals surface area contributed by atoms with Crippen LogP contribution in [-0.4, -0.2) is 19.3 Å². The Hall–Kier alpha value is -2.98. The molecule has 2 N–H and O–H groups in total. The first-order chi connectivity index (χ1) is 14.1. The first kappa shape index (κ1) is 20.7. The Morgan fingerprint density at radius 2 is 1.52 bits per heavy atom. The zero-order valence-electron chi connectivity index (χ0n) is 17.5. The molecule has 0 aliphatic rings. The summed E-state index contributed by atoms with van der Waals surface area (Å²) in [7, 11) is 3.38. The molecule has 0 saturated carbocycles. The highest BCUT2D eigenvalue weighted by Crippen LogP contribution is 2.37. The predicted molar refractivity (Wildman–Crippen MR) is 119 cm³/mol. The number of hydrogen-bond acceptors (Lipinski definition) is 4. The highest BCUT2D eigenvalue weighted by atomic mass is 16.5. The van der Waals surface area contributed by atoms with Gasteiger partial charge < -0.3 is 19.9 Å². The highest BCUT2D eigenvalue weighted by Gasteiger charge is 2.13. The zero-order valence-corrected chi connectivity index (χ0v) is 17.5. The minimum absolute atomic E-state index is 0.0219. The molecule has 0 saturated heterocycles. The van der Waals surface area contributed by atoms with Crippen LogP contribution in [0.2, 0.25) is 0 Å². The molecular weight excluding hydrogens is 362 g/mol. The molecule has 0 aliphatic heterocycles. The summed E-state index contributed by atoms with van der Waals surface area (Å²) >= 11 is 0. The minimum atomic E-state index is -0.0219. The Morgan fingerprint density at radius 1 is 0.862 bits per heavy atom. The molecule has 0 spiro atoms. The van der Waals surface area contributed by atoms with Crippen molar-refractivity contribution in [2.75, 3.05) is 19.5 Å². The summed E-state index contributed by atoms with van der Waals surface area (Å²) in [5.74, 6) is 2.10. The van der Waals surface area contributed by atoms with E-state index in [1.54, 1.807) is 14.2 Å². The number of aliphatic hydroxyl groups is 1. The van der Waals surface area contributed by atoms with E-state index in [1.165, 1.54) is 5.56 Å². The van der Waals surface area contributed by atoms with Crippen molar-refractivity contribution < 1.29 is 14.6 Å². The van der Waals surface area contributed by atoms with E-state index < -0.39 is 0 Å². The summed E-state index contributed by atoms with van der Waals surface area (Å²) in [6.45, 7) is 4.38. The van der Waals surface area contributed by atoms with Crippen molar-refractivity contribution in [1.82, 2.24) is 0 Å². The summed E-state index contributed by atoms with van der Waals surface area (Å²) in [5, 5.41) is 12.9. The van der Waals surface area contributed by atoms with Crippen LogP contribution in [0.4, 0.5) is 11.4 Å². The molecule has 0 bridgehead atoms. The second kappa shape index (κ2) is 9.48. The Kier molecular flexibility index (Phi) is 6.78. The minimum Gasteiger partial charge on any atom is -0.496 e. The maximum atomic E-state index is 9.56. The largest absolute Gasteiger partial charge is 0.496 e. The Bertz CT molecular complexity index is 968. The lowest BCUT2D eigenvalue weighted by Gasteiger charge is -2.17. The van der Waals surface area contributed by atoms with Crippen LogP contribution >= 0.6 is 0 Å². The molecule has 0 aromatic heterocycles. The number of ether oxygens (including phenoxy) is 2. The topological polar surface area (TPSA) is 50.7 Å². The maximum Gasteiger partial charge on any atom is 0.142 e. The predicted octanol–water partition coefficient (Wildman–Crippen LogP) is 6.12. The fourth-order valence-electron chi connectivity index (χ4n) is 3.42. The van der Waals surface area contributed by atoms with Gasteiger partial charge in [0.25, 0.3) is 0 Å². The molecule has 0 aliphatic carbocycles. The third-order valence-corrected chi connectivity index (χ3v) is 5.37. The fraction of sp³-hybridized carbons (Fsp3) is 0.280. The van der Waals surface area contributed by atoms with Crippen LogP contribution < -0.4 is 14.8 Å². The number of methoxy groups -OCH3 is 2. The summed E-state index contributed by atoms with van der Waals surface area (Å²) in [5.41, 5.74) is 5.90. The van der Waals surface area contributed by atoms with Gasteiger partial charge in [-0.3, -0.25) is 0 Å². The van der Waals surface area contributed by atoms with E-state index in [9.17, 15) is 5.11 Å². The van der Waals surface area contributed by atoms with Crippen molar-refractivity contribution in [3.05, 3.63) is 71.8 Å². The van der Waals surface area contributed by atoms with Gasteiger partial charge in [-0.1, -0.05) is 50.2 Å². The van der Waals surface area contributed by atoms with Crippen LogP contribution in [0.1, 0.15) is 37.3 Å². The summed E-state index contributed by atoms with van der Waals surface area (Å²) in [6, 6.07) is 20.1. The molecule has 29 heavy (non-hydrogen) atoms. The van der Waals surface area contributed by atoms with Gasteiger partial charge in [0, 0.05) is 11.3 Å². The molecule has 4 nitrogen and oxygen atoms in total. The first-order valence-electron chi connectivity index (χ1n) is 9.93. The average molecular weight is 392 g/mol. The Morgan fingerprint density at radius 3 is 2.17 bits per heavy atom. The third kappa shape index (κ3) is 4.54. The quantitative estimate of drug-likeness (QED) is 0.486. The highest BCUT2D eigenvalue weighted by molar-refractivity contribution is 5.75. The molecule has 0 amide bonds. The molecule has 1 atom stereocenters. The van der Waals surface area contributed by atoms with Gasteiger partial charge in [-0.05, 0) is 53.3 Å². The van der Waals surface area contributed by atoms with E-state index in [1.807, 2.05) is 36.4 Å². The number of para-hydroxylation sites is 1. The molecule has 3 rings (SSSR count). The Balaban J connectivity index is 1.94. The number of hydrogen-bond donors (Lipinski definition) is 2. The van der Waals surface area contributed by atoms with E-state index in [0.29, 0.717) is 5.92 Å². The first-order valence-corrected chi connectivity index (χ1v) is 9.93. The van der Waals surface area contributed by atoms with Gasteiger partial charge in [0.1, 0.15) is 11.5 Å². The van der Waals surface area contributed by atoms with Crippen molar-refractivity contribution in [3.63, 3.8) is 0 Å². The van der Waals surface area contributed by atoms with Crippen LogP contribution in [0.5, 0.6) is 11.5 Å². The van der Waals surface area contributed by atoms with Crippen LogP contribution in [0.15, 0.2) is 60.7 Å². The van der Waals surface area contributed by atoms with Gasteiger partial charge in [0.05, 0.1) is 26.5 Å². The number of benzene rings is 3. The van der Waals surface area contributed by atoms with Crippen LogP contribution in [-0.2, 0) is 6.61 Å². The fourth-order valence-corrected chi connectivity index (χ4v) is 3.42.